The maximum atomic E-state index is 11.8. The standard InChI is InChI=1S/C14H18N4O3/c1-18(2)14(19)13-15-12(16-17-13)10-4-6-11(7-5-10)21-9-8-20-3/h4-7H,8-9H2,1-3H3,(H,15,16,17). The van der Waals surface area contributed by atoms with Crippen molar-refractivity contribution in [2.75, 3.05) is 34.4 Å². The third-order valence-electron chi connectivity index (χ3n) is 2.76. The smallest absolute Gasteiger partial charge is 0.290 e. The molecule has 0 fully saturated rings. The number of aromatic nitrogens is 3. The van der Waals surface area contributed by atoms with Crippen molar-refractivity contribution in [3.63, 3.8) is 0 Å². The molecule has 2 rings (SSSR count). The van der Waals surface area contributed by atoms with Gasteiger partial charge in [0.05, 0.1) is 6.61 Å². The van der Waals surface area contributed by atoms with Crippen LogP contribution in [0.5, 0.6) is 5.75 Å². The monoisotopic (exact) mass is 290 g/mol. The van der Waals surface area contributed by atoms with Crippen molar-refractivity contribution in [2.24, 2.45) is 0 Å². The summed E-state index contributed by atoms with van der Waals surface area (Å²) in [5, 5.41) is 6.69. The van der Waals surface area contributed by atoms with Gasteiger partial charge >= 0.3 is 0 Å². The van der Waals surface area contributed by atoms with Gasteiger partial charge in [-0.25, -0.2) is 4.98 Å². The first-order chi connectivity index (χ1) is 10.1. The van der Waals surface area contributed by atoms with E-state index in [9.17, 15) is 4.79 Å². The number of H-pyrrole nitrogens is 1. The minimum Gasteiger partial charge on any atom is -0.491 e. The first-order valence-corrected chi connectivity index (χ1v) is 6.48. The van der Waals surface area contributed by atoms with E-state index in [0.717, 1.165) is 11.3 Å². The third-order valence-corrected chi connectivity index (χ3v) is 2.76. The zero-order valence-corrected chi connectivity index (χ0v) is 12.3. The summed E-state index contributed by atoms with van der Waals surface area (Å²) >= 11 is 0. The molecule has 0 bridgehead atoms. The number of rotatable bonds is 6. The topological polar surface area (TPSA) is 80.3 Å². The number of nitrogens with one attached hydrogen (secondary N) is 1. The summed E-state index contributed by atoms with van der Waals surface area (Å²) < 4.78 is 10.4. The number of hydrogen-bond donors (Lipinski definition) is 1. The lowest BCUT2D eigenvalue weighted by molar-refractivity contribution is 0.0816. The minimum absolute atomic E-state index is 0.215. The van der Waals surface area contributed by atoms with Crippen LogP contribution in [0.1, 0.15) is 10.6 Å². The van der Waals surface area contributed by atoms with Crippen molar-refractivity contribution in [3.8, 4) is 17.1 Å². The zero-order valence-electron chi connectivity index (χ0n) is 12.3. The van der Waals surface area contributed by atoms with E-state index in [1.54, 1.807) is 21.2 Å². The molecule has 7 nitrogen and oxygen atoms in total. The van der Waals surface area contributed by atoms with Crippen LogP contribution in [0.3, 0.4) is 0 Å². The summed E-state index contributed by atoms with van der Waals surface area (Å²) in [4.78, 5) is 17.4. The van der Waals surface area contributed by atoms with Gasteiger partial charge in [-0.05, 0) is 24.3 Å². The lowest BCUT2D eigenvalue weighted by atomic mass is 10.2. The van der Waals surface area contributed by atoms with E-state index in [2.05, 4.69) is 15.2 Å². The van der Waals surface area contributed by atoms with Crippen LogP contribution in [0.25, 0.3) is 11.4 Å². The zero-order chi connectivity index (χ0) is 15.2. The fraction of sp³-hybridized carbons (Fsp3) is 0.357. The van der Waals surface area contributed by atoms with Gasteiger partial charge < -0.3 is 14.4 Å². The second-order valence-electron chi connectivity index (χ2n) is 4.57. The van der Waals surface area contributed by atoms with Crippen LogP contribution in [0.15, 0.2) is 24.3 Å². The van der Waals surface area contributed by atoms with Gasteiger partial charge in [0, 0.05) is 26.8 Å². The molecule has 1 amide bonds. The molecule has 0 spiro atoms. The molecule has 0 aliphatic heterocycles. The fourth-order valence-corrected chi connectivity index (χ4v) is 1.64. The molecule has 1 aromatic carbocycles. The Kier molecular flexibility index (Phi) is 4.89. The summed E-state index contributed by atoms with van der Waals surface area (Å²) in [6, 6.07) is 7.34. The number of amides is 1. The Bertz CT molecular complexity index is 593. The fourth-order valence-electron chi connectivity index (χ4n) is 1.64. The third kappa shape index (κ3) is 3.79. The highest BCUT2D eigenvalue weighted by molar-refractivity contribution is 5.90. The number of aromatic amines is 1. The quantitative estimate of drug-likeness (QED) is 0.809. The van der Waals surface area contributed by atoms with Gasteiger partial charge in [0.15, 0.2) is 5.82 Å². The van der Waals surface area contributed by atoms with Gasteiger partial charge in [-0.1, -0.05) is 0 Å². The van der Waals surface area contributed by atoms with Crippen LogP contribution >= 0.6 is 0 Å². The number of carbonyl (C=O) groups excluding carboxylic acids is 1. The Labute approximate surface area is 122 Å². The lowest BCUT2D eigenvalue weighted by Gasteiger charge is -2.06. The molecule has 0 radical (unpaired) electrons. The van der Waals surface area contributed by atoms with E-state index in [-0.39, 0.29) is 11.7 Å². The van der Waals surface area contributed by atoms with Crippen LogP contribution in [0.4, 0.5) is 0 Å². The molecular formula is C14H18N4O3. The SMILES string of the molecule is COCCOc1ccc(-c2n[nH]c(C(=O)N(C)C)n2)cc1. The molecule has 7 heteroatoms. The molecule has 0 unspecified atom stereocenters. The predicted molar refractivity (Wildman–Crippen MR) is 77.2 cm³/mol. The number of carbonyl (C=O) groups is 1. The number of nitrogens with zero attached hydrogens (tertiary/aromatic N) is 3. The maximum absolute atomic E-state index is 11.8. The molecule has 112 valence electrons. The molecule has 0 aliphatic carbocycles. The molecule has 0 atom stereocenters. The van der Waals surface area contributed by atoms with Crippen LogP contribution in [0.2, 0.25) is 0 Å². The predicted octanol–water partition coefficient (Wildman–Crippen LogP) is 1.20. The van der Waals surface area contributed by atoms with E-state index >= 15 is 0 Å². The van der Waals surface area contributed by atoms with Gasteiger partial charge in [-0.15, -0.1) is 0 Å². The molecule has 0 aliphatic rings. The Hall–Kier alpha value is -2.41. The molecule has 1 heterocycles. The van der Waals surface area contributed by atoms with Gasteiger partial charge in [0.25, 0.3) is 5.91 Å². The summed E-state index contributed by atoms with van der Waals surface area (Å²) in [5.41, 5.74) is 0.808. The highest BCUT2D eigenvalue weighted by Crippen LogP contribution is 2.19. The number of benzene rings is 1. The maximum Gasteiger partial charge on any atom is 0.290 e. The van der Waals surface area contributed by atoms with E-state index in [1.165, 1.54) is 4.90 Å². The number of methoxy groups -OCH3 is 1. The summed E-state index contributed by atoms with van der Waals surface area (Å²) in [6.07, 6.45) is 0. The highest BCUT2D eigenvalue weighted by atomic mass is 16.5. The molecule has 1 aromatic heterocycles. The Morgan fingerprint density at radius 2 is 1.95 bits per heavy atom. The highest BCUT2D eigenvalue weighted by Gasteiger charge is 2.14. The molecule has 21 heavy (non-hydrogen) atoms. The van der Waals surface area contributed by atoms with E-state index < -0.39 is 0 Å². The normalized spacial score (nSPS) is 10.4. The van der Waals surface area contributed by atoms with Crippen LogP contribution in [-0.2, 0) is 4.74 Å². The van der Waals surface area contributed by atoms with Crippen molar-refractivity contribution in [2.45, 2.75) is 0 Å². The van der Waals surface area contributed by atoms with Crippen molar-refractivity contribution < 1.29 is 14.3 Å². The molecule has 2 aromatic rings. The number of ether oxygens (including phenoxy) is 2. The van der Waals surface area contributed by atoms with Crippen molar-refractivity contribution >= 4 is 5.91 Å². The van der Waals surface area contributed by atoms with Gasteiger partial charge in [-0.3, -0.25) is 9.89 Å². The van der Waals surface area contributed by atoms with E-state index in [1.807, 2.05) is 24.3 Å². The molecular weight excluding hydrogens is 272 g/mol. The van der Waals surface area contributed by atoms with Crippen LogP contribution in [0, 0.1) is 0 Å². The van der Waals surface area contributed by atoms with Gasteiger partial charge in [0.1, 0.15) is 12.4 Å². The Morgan fingerprint density at radius 1 is 1.24 bits per heavy atom. The first kappa shape index (κ1) is 15.0. The first-order valence-electron chi connectivity index (χ1n) is 6.48. The van der Waals surface area contributed by atoms with E-state index in [4.69, 9.17) is 9.47 Å². The number of hydrogen-bond acceptors (Lipinski definition) is 5. The Balaban J connectivity index is 2.07. The van der Waals surface area contributed by atoms with Crippen molar-refractivity contribution in [3.05, 3.63) is 30.1 Å². The average molecular weight is 290 g/mol. The lowest BCUT2D eigenvalue weighted by Crippen LogP contribution is -2.22. The second-order valence-corrected chi connectivity index (χ2v) is 4.57. The van der Waals surface area contributed by atoms with Crippen LogP contribution < -0.4 is 4.74 Å². The molecule has 0 saturated heterocycles. The van der Waals surface area contributed by atoms with Crippen molar-refractivity contribution in [1.29, 1.82) is 0 Å². The largest absolute Gasteiger partial charge is 0.491 e. The Morgan fingerprint density at radius 3 is 2.57 bits per heavy atom. The summed E-state index contributed by atoms with van der Waals surface area (Å²) in [5.74, 6) is 1.23. The molecule has 0 saturated carbocycles. The van der Waals surface area contributed by atoms with Gasteiger partial charge in [-0.2, -0.15) is 5.10 Å². The van der Waals surface area contributed by atoms with Crippen LogP contribution in [-0.4, -0.2) is 60.4 Å². The van der Waals surface area contributed by atoms with Crippen molar-refractivity contribution in [1.82, 2.24) is 20.1 Å². The average Bonchev–Trinajstić information content (AvgIpc) is 2.97. The minimum atomic E-state index is -0.215. The summed E-state index contributed by atoms with van der Waals surface area (Å²) in [7, 11) is 4.95. The summed E-state index contributed by atoms with van der Waals surface area (Å²) in [6.45, 7) is 1.04. The molecule has 1 N–H and O–H groups in total. The van der Waals surface area contributed by atoms with E-state index in [0.29, 0.717) is 19.0 Å². The van der Waals surface area contributed by atoms with Gasteiger partial charge in [0.2, 0.25) is 5.82 Å². The second kappa shape index (κ2) is 6.85.